The normalized spacial score (nSPS) is 22.8. The number of nitrogens with zero attached hydrogens (tertiary/aromatic N) is 1. The van der Waals surface area contributed by atoms with E-state index in [1.54, 1.807) is 0 Å². The number of esters is 2. The maximum Gasteiger partial charge on any atom is 0.349 e. The van der Waals surface area contributed by atoms with Crippen molar-refractivity contribution in [1.82, 2.24) is 0 Å². The maximum atomic E-state index is 10.8. The van der Waals surface area contributed by atoms with E-state index in [1.807, 2.05) is 0 Å². The van der Waals surface area contributed by atoms with Gasteiger partial charge in [0.15, 0.2) is 0 Å². The highest BCUT2D eigenvalue weighted by atomic mass is 16.7. The van der Waals surface area contributed by atoms with E-state index < -0.39 is 23.8 Å². The molecule has 0 aromatic rings. The summed E-state index contributed by atoms with van der Waals surface area (Å²) in [5, 5.41) is 2.28. The average Bonchev–Trinajstić information content (AvgIpc) is 1.82. The second kappa shape index (κ2) is 2.54. The van der Waals surface area contributed by atoms with Gasteiger partial charge in [-0.05, 0) is 5.18 Å². The predicted octanol–water partition coefficient (Wildman–Crippen LogP) is -0.0425. The molecule has 1 rings (SSSR count). The fourth-order valence-electron chi connectivity index (χ4n) is 0.799. The third kappa shape index (κ3) is 1.41. The zero-order chi connectivity index (χ0) is 9.35. The Morgan fingerprint density at radius 2 is 1.67 bits per heavy atom. The molecule has 1 heterocycles. The molecule has 0 bridgehead atoms. The Kier molecular flexibility index (Phi) is 1.83. The van der Waals surface area contributed by atoms with E-state index in [4.69, 9.17) is 0 Å². The molecule has 6 nitrogen and oxygen atoms in total. The Hall–Kier alpha value is -1.46. The van der Waals surface area contributed by atoms with Gasteiger partial charge < -0.3 is 9.47 Å². The van der Waals surface area contributed by atoms with E-state index in [2.05, 4.69) is 14.7 Å². The molecular weight excluding hydrogens is 166 g/mol. The number of carbonyl (C=O) groups excluding carboxylic acids is 2. The lowest BCUT2D eigenvalue weighted by Crippen LogP contribution is -2.48. The van der Waals surface area contributed by atoms with Crippen molar-refractivity contribution in [2.75, 3.05) is 0 Å². The summed E-state index contributed by atoms with van der Waals surface area (Å²) in [6.07, 6.45) is 0. The van der Waals surface area contributed by atoms with Crippen LogP contribution in [0.1, 0.15) is 13.8 Å². The molecular formula is C6H7NO5. The fraction of sp³-hybridized carbons (Fsp3) is 0.667. The Balaban J connectivity index is 2.84. The average molecular weight is 173 g/mol. The highest BCUT2D eigenvalue weighted by molar-refractivity contribution is 6.00. The lowest BCUT2D eigenvalue weighted by molar-refractivity contribution is -0.233. The van der Waals surface area contributed by atoms with Gasteiger partial charge in [0.05, 0.1) is 0 Å². The van der Waals surface area contributed by atoms with Gasteiger partial charge in [-0.2, -0.15) is 0 Å². The molecule has 12 heavy (non-hydrogen) atoms. The number of hydrogen-bond acceptors (Lipinski definition) is 6. The van der Waals surface area contributed by atoms with Crippen LogP contribution < -0.4 is 0 Å². The van der Waals surface area contributed by atoms with Gasteiger partial charge in [-0.15, -0.1) is 4.91 Å². The fourth-order valence-corrected chi connectivity index (χ4v) is 0.799. The third-order valence-corrected chi connectivity index (χ3v) is 1.24. The van der Waals surface area contributed by atoms with Crippen LogP contribution in [0.2, 0.25) is 0 Å². The minimum Gasteiger partial charge on any atom is -0.421 e. The van der Waals surface area contributed by atoms with Crippen LogP contribution >= 0.6 is 0 Å². The Morgan fingerprint density at radius 3 is 2.00 bits per heavy atom. The van der Waals surface area contributed by atoms with E-state index in [1.165, 1.54) is 13.8 Å². The number of hydrogen-bond donors (Lipinski definition) is 0. The van der Waals surface area contributed by atoms with E-state index in [0.717, 1.165) is 0 Å². The molecule has 0 unspecified atom stereocenters. The zero-order valence-corrected chi connectivity index (χ0v) is 6.57. The first-order valence-corrected chi connectivity index (χ1v) is 3.24. The van der Waals surface area contributed by atoms with E-state index >= 15 is 0 Å². The first kappa shape index (κ1) is 8.63. The van der Waals surface area contributed by atoms with Gasteiger partial charge in [-0.25, -0.2) is 9.59 Å². The summed E-state index contributed by atoms with van der Waals surface area (Å²) in [6, 6.07) is -1.67. The maximum absolute atomic E-state index is 10.8. The van der Waals surface area contributed by atoms with Gasteiger partial charge in [0.1, 0.15) is 0 Å². The van der Waals surface area contributed by atoms with Gasteiger partial charge >= 0.3 is 11.9 Å². The van der Waals surface area contributed by atoms with Gasteiger partial charge in [-0.3, -0.25) is 0 Å². The van der Waals surface area contributed by atoms with Crippen molar-refractivity contribution in [3.8, 4) is 0 Å². The molecule has 0 amide bonds. The molecule has 1 saturated heterocycles. The van der Waals surface area contributed by atoms with Crippen molar-refractivity contribution < 1.29 is 19.1 Å². The molecule has 0 N–H and O–H groups in total. The summed E-state index contributed by atoms with van der Waals surface area (Å²) in [5.74, 6) is -3.23. The lowest BCUT2D eigenvalue weighted by atomic mass is 10.2. The van der Waals surface area contributed by atoms with E-state index in [9.17, 15) is 14.5 Å². The van der Waals surface area contributed by atoms with Crippen LogP contribution in [-0.4, -0.2) is 23.8 Å². The van der Waals surface area contributed by atoms with Gasteiger partial charge in [0.25, 0.3) is 11.8 Å². The van der Waals surface area contributed by atoms with Gasteiger partial charge in [0, 0.05) is 13.8 Å². The largest absolute Gasteiger partial charge is 0.421 e. The molecule has 0 radical (unpaired) electrons. The molecule has 0 aromatic heterocycles. The van der Waals surface area contributed by atoms with E-state index in [-0.39, 0.29) is 0 Å². The van der Waals surface area contributed by atoms with Crippen LogP contribution in [0.5, 0.6) is 0 Å². The second-order valence-corrected chi connectivity index (χ2v) is 2.75. The number of nitroso groups, excluding NO2 is 1. The van der Waals surface area contributed by atoms with Crippen molar-refractivity contribution in [3.05, 3.63) is 4.91 Å². The van der Waals surface area contributed by atoms with Crippen molar-refractivity contribution in [3.63, 3.8) is 0 Å². The molecule has 1 aliphatic rings. The van der Waals surface area contributed by atoms with Crippen LogP contribution in [0.4, 0.5) is 0 Å². The van der Waals surface area contributed by atoms with Crippen molar-refractivity contribution in [2.45, 2.75) is 25.7 Å². The number of carbonyl (C=O) groups is 2. The van der Waals surface area contributed by atoms with Crippen LogP contribution in [0.3, 0.4) is 0 Å². The van der Waals surface area contributed by atoms with Crippen LogP contribution in [0.15, 0.2) is 5.18 Å². The number of ether oxygens (including phenoxy) is 2. The van der Waals surface area contributed by atoms with Crippen molar-refractivity contribution in [2.24, 2.45) is 5.18 Å². The predicted molar refractivity (Wildman–Crippen MR) is 35.8 cm³/mol. The number of rotatable bonds is 1. The second-order valence-electron chi connectivity index (χ2n) is 2.75. The minimum absolute atomic E-state index is 0.966. The molecule has 6 heteroatoms. The highest BCUT2D eigenvalue weighted by Crippen LogP contribution is 2.20. The first-order chi connectivity index (χ1) is 5.46. The molecule has 1 aliphatic heterocycles. The molecule has 0 saturated carbocycles. The topological polar surface area (TPSA) is 82.0 Å². The van der Waals surface area contributed by atoms with Crippen LogP contribution in [-0.2, 0) is 19.1 Å². The molecule has 1 fully saturated rings. The highest BCUT2D eigenvalue weighted by Gasteiger charge is 2.44. The first-order valence-electron chi connectivity index (χ1n) is 3.24. The monoisotopic (exact) mass is 173 g/mol. The van der Waals surface area contributed by atoms with E-state index in [0.29, 0.717) is 0 Å². The van der Waals surface area contributed by atoms with Gasteiger partial charge in [0.2, 0.25) is 0 Å². The quantitative estimate of drug-likeness (QED) is 0.315. The molecule has 0 spiro atoms. The van der Waals surface area contributed by atoms with Gasteiger partial charge in [-0.1, -0.05) is 0 Å². The molecule has 0 aromatic carbocycles. The SMILES string of the molecule is CC1(C)OC(=O)C(N=O)C(=O)O1. The Morgan fingerprint density at radius 1 is 1.25 bits per heavy atom. The third-order valence-electron chi connectivity index (χ3n) is 1.24. The standard InChI is InChI=1S/C6H7NO5/c1-6(2)11-4(8)3(7-10)5(9)12-6/h3H,1-2H3. The summed E-state index contributed by atoms with van der Waals surface area (Å²) in [7, 11) is 0. The molecule has 0 atom stereocenters. The summed E-state index contributed by atoms with van der Waals surface area (Å²) in [4.78, 5) is 31.6. The Labute approximate surface area is 67.8 Å². The Bertz CT molecular complexity index is 226. The van der Waals surface area contributed by atoms with Crippen molar-refractivity contribution in [1.29, 1.82) is 0 Å². The van der Waals surface area contributed by atoms with Crippen LogP contribution in [0, 0.1) is 4.91 Å². The minimum atomic E-state index is -1.67. The molecule has 66 valence electrons. The van der Waals surface area contributed by atoms with Crippen LogP contribution in [0.25, 0.3) is 0 Å². The summed E-state index contributed by atoms with van der Waals surface area (Å²) >= 11 is 0. The summed E-state index contributed by atoms with van der Waals surface area (Å²) in [5.41, 5.74) is 0. The number of cyclic esters (lactones) is 2. The zero-order valence-electron chi connectivity index (χ0n) is 6.57. The molecule has 0 aliphatic carbocycles. The lowest BCUT2D eigenvalue weighted by Gasteiger charge is -2.30. The smallest absolute Gasteiger partial charge is 0.349 e. The van der Waals surface area contributed by atoms with Crippen molar-refractivity contribution >= 4 is 11.9 Å². The summed E-state index contributed by atoms with van der Waals surface area (Å²) < 4.78 is 9.14. The summed E-state index contributed by atoms with van der Waals surface area (Å²) in [6.45, 7) is 2.79.